The summed E-state index contributed by atoms with van der Waals surface area (Å²) < 4.78 is 5.83. The molecule has 0 aromatic heterocycles. The molecule has 2 aromatic carbocycles. The number of benzene rings is 2. The van der Waals surface area contributed by atoms with Gasteiger partial charge in [0.2, 0.25) is 0 Å². The fourth-order valence-electron chi connectivity index (χ4n) is 2.10. The second-order valence-corrected chi connectivity index (χ2v) is 4.91. The zero-order valence-electron chi connectivity index (χ0n) is 11.7. The first-order chi connectivity index (χ1) is 9.08. The topological polar surface area (TPSA) is 29.5 Å². The van der Waals surface area contributed by atoms with Crippen molar-refractivity contribution in [2.75, 3.05) is 0 Å². The SMILES string of the molecule is Cc1cccc(C)c1COc1cccc(C(C)O)c1. The van der Waals surface area contributed by atoms with E-state index in [9.17, 15) is 5.11 Å². The molecule has 0 heterocycles. The lowest BCUT2D eigenvalue weighted by atomic mass is 10.0. The van der Waals surface area contributed by atoms with E-state index in [-0.39, 0.29) is 0 Å². The minimum absolute atomic E-state index is 0.469. The summed E-state index contributed by atoms with van der Waals surface area (Å²) in [5, 5.41) is 9.57. The molecule has 0 radical (unpaired) electrons. The Morgan fingerprint density at radius 2 is 1.68 bits per heavy atom. The lowest BCUT2D eigenvalue weighted by Crippen LogP contribution is -2.01. The third-order valence-electron chi connectivity index (χ3n) is 3.37. The first-order valence-electron chi connectivity index (χ1n) is 6.54. The fraction of sp³-hybridized carbons (Fsp3) is 0.294. The van der Waals surface area contributed by atoms with Crippen LogP contribution in [0.5, 0.6) is 5.75 Å². The summed E-state index contributed by atoms with van der Waals surface area (Å²) in [5.74, 6) is 0.793. The van der Waals surface area contributed by atoms with E-state index in [1.807, 2.05) is 24.3 Å². The van der Waals surface area contributed by atoms with E-state index >= 15 is 0 Å². The molecule has 0 aliphatic rings. The van der Waals surface area contributed by atoms with Crippen molar-refractivity contribution in [2.24, 2.45) is 0 Å². The Morgan fingerprint density at radius 1 is 1.05 bits per heavy atom. The Hall–Kier alpha value is -1.80. The second kappa shape index (κ2) is 5.89. The molecular weight excluding hydrogens is 236 g/mol. The number of aryl methyl sites for hydroxylation is 2. The van der Waals surface area contributed by atoms with Crippen molar-refractivity contribution in [3.8, 4) is 5.75 Å². The molecule has 2 heteroatoms. The first kappa shape index (κ1) is 13.6. The zero-order chi connectivity index (χ0) is 13.8. The largest absolute Gasteiger partial charge is 0.489 e. The van der Waals surface area contributed by atoms with Gasteiger partial charge in [0.05, 0.1) is 6.10 Å². The molecule has 0 spiro atoms. The van der Waals surface area contributed by atoms with Crippen molar-refractivity contribution in [1.29, 1.82) is 0 Å². The van der Waals surface area contributed by atoms with Crippen molar-refractivity contribution < 1.29 is 9.84 Å². The van der Waals surface area contributed by atoms with Crippen molar-refractivity contribution in [2.45, 2.75) is 33.5 Å². The maximum absolute atomic E-state index is 9.57. The normalized spacial score (nSPS) is 12.2. The molecule has 19 heavy (non-hydrogen) atoms. The van der Waals surface area contributed by atoms with Crippen LogP contribution in [0.4, 0.5) is 0 Å². The van der Waals surface area contributed by atoms with Crippen LogP contribution in [-0.4, -0.2) is 5.11 Å². The van der Waals surface area contributed by atoms with E-state index in [0.717, 1.165) is 11.3 Å². The summed E-state index contributed by atoms with van der Waals surface area (Å²) in [6.07, 6.45) is -0.469. The third-order valence-corrected chi connectivity index (χ3v) is 3.37. The highest BCUT2D eigenvalue weighted by molar-refractivity contribution is 5.34. The molecule has 0 saturated heterocycles. The summed E-state index contributed by atoms with van der Waals surface area (Å²) in [6, 6.07) is 13.9. The molecular formula is C17H20O2. The van der Waals surface area contributed by atoms with E-state index in [1.54, 1.807) is 6.92 Å². The molecule has 0 fully saturated rings. The maximum atomic E-state index is 9.57. The number of aliphatic hydroxyl groups excluding tert-OH is 1. The molecule has 0 bridgehead atoms. The van der Waals surface area contributed by atoms with E-state index in [2.05, 4.69) is 32.0 Å². The average molecular weight is 256 g/mol. The van der Waals surface area contributed by atoms with E-state index in [4.69, 9.17) is 4.74 Å². The molecule has 2 aromatic rings. The number of ether oxygens (including phenoxy) is 1. The maximum Gasteiger partial charge on any atom is 0.120 e. The van der Waals surface area contributed by atoms with Crippen molar-refractivity contribution in [3.05, 3.63) is 64.7 Å². The summed E-state index contributed by atoms with van der Waals surface area (Å²) >= 11 is 0. The Balaban J connectivity index is 2.12. The third kappa shape index (κ3) is 3.36. The van der Waals surface area contributed by atoms with Gasteiger partial charge in [-0.1, -0.05) is 30.3 Å². The average Bonchev–Trinajstić information content (AvgIpc) is 2.38. The quantitative estimate of drug-likeness (QED) is 0.898. The van der Waals surface area contributed by atoms with Gasteiger partial charge >= 0.3 is 0 Å². The van der Waals surface area contributed by atoms with Crippen LogP contribution in [0, 0.1) is 13.8 Å². The lowest BCUT2D eigenvalue weighted by molar-refractivity contribution is 0.198. The number of rotatable bonds is 4. The Morgan fingerprint density at radius 3 is 2.32 bits per heavy atom. The van der Waals surface area contributed by atoms with Crippen LogP contribution < -0.4 is 4.74 Å². The molecule has 1 N–H and O–H groups in total. The van der Waals surface area contributed by atoms with E-state index in [1.165, 1.54) is 16.7 Å². The minimum atomic E-state index is -0.469. The lowest BCUT2D eigenvalue weighted by Gasteiger charge is -2.13. The smallest absolute Gasteiger partial charge is 0.120 e. The van der Waals surface area contributed by atoms with Crippen molar-refractivity contribution >= 4 is 0 Å². The second-order valence-electron chi connectivity index (χ2n) is 4.91. The standard InChI is InChI=1S/C17H20O2/c1-12-6-4-7-13(2)17(12)11-19-16-9-5-8-15(10-16)14(3)18/h4-10,14,18H,11H2,1-3H3. The van der Waals surface area contributed by atoms with Crippen LogP contribution in [0.1, 0.15) is 35.3 Å². The number of hydrogen-bond donors (Lipinski definition) is 1. The van der Waals surface area contributed by atoms with Crippen LogP contribution in [-0.2, 0) is 6.61 Å². The first-order valence-corrected chi connectivity index (χ1v) is 6.54. The fourth-order valence-corrected chi connectivity index (χ4v) is 2.10. The predicted octanol–water partition coefficient (Wildman–Crippen LogP) is 3.94. The van der Waals surface area contributed by atoms with Crippen LogP contribution in [0.3, 0.4) is 0 Å². The number of hydrogen-bond acceptors (Lipinski definition) is 2. The Kier molecular flexibility index (Phi) is 4.23. The molecule has 1 unspecified atom stereocenters. The molecule has 0 aliphatic carbocycles. The number of aliphatic hydroxyl groups is 1. The van der Waals surface area contributed by atoms with E-state index in [0.29, 0.717) is 6.61 Å². The van der Waals surface area contributed by atoms with Gasteiger partial charge < -0.3 is 9.84 Å². The van der Waals surface area contributed by atoms with Gasteiger partial charge in [0.25, 0.3) is 0 Å². The van der Waals surface area contributed by atoms with Gasteiger partial charge in [-0.25, -0.2) is 0 Å². The van der Waals surface area contributed by atoms with Crippen LogP contribution >= 0.6 is 0 Å². The highest BCUT2D eigenvalue weighted by atomic mass is 16.5. The van der Waals surface area contributed by atoms with Gasteiger partial charge in [0.1, 0.15) is 12.4 Å². The molecule has 0 saturated carbocycles. The van der Waals surface area contributed by atoms with Gasteiger partial charge in [-0.05, 0) is 55.2 Å². The van der Waals surface area contributed by atoms with Gasteiger partial charge in [0, 0.05) is 0 Å². The highest BCUT2D eigenvalue weighted by Crippen LogP contribution is 2.21. The Bertz CT molecular complexity index is 539. The highest BCUT2D eigenvalue weighted by Gasteiger charge is 2.05. The van der Waals surface area contributed by atoms with Crippen LogP contribution in [0.2, 0.25) is 0 Å². The van der Waals surface area contributed by atoms with Crippen LogP contribution in [0.25, 0.3) is 0 Å². The monoisotopic (exact) mass is 256 g/mol. The van der Waals surface area contributed by atoms with Gasteiger partial charge in [-0.2, -0.15) is 0 Å². The summed E-state index contributed by atoms with van der Waals surface area (Å²) in [5.41, 5.74) is 4.59. The zero-order valence-corrected chi connectivity index (χ0v) is 11.7. The van der Waals surface area contributed by atoms with Gasteiger partial charge in [0.15, 0.2) is 0 Å². The molecule has 0 amide bonds. The molecule has 0 aliphatic heterocycles. The molecule has 2 nitrogen and oxygen atoms in total. The van der Waals surface area contributed by atoms with Crippen molar-refractivity contribution in [3.63, 3.8) is 0 Å². The van der Waals surface area contributed by atoms with E-state index < -0.39 is 6.10 Å². The molecule has 2 rings (SSSR count). The predicted molar refractivity (Wildman–Crippen MR) is 77.3 cm³/mol. The minimum Gasteiger partial charge on any atom is -0.489 e. The van der Waals surface area contributed by atoms with Gasteiger partial charge in [-0.3, -0.25) is 0 Å². The summed E-state index contributed by atoms with van der Waals surface area (Å²) in [4.78, 5) is 0. The summed E-state index contributed by atoms with van der Waals surface area (Å²) in [7, 11) is 0. The molecule has 1 atom stereocenters. The Labute approximate surface area is 114 Å². The van der Waals surface area contributed by atoms with Gasteiger partial charge in [-0.15, -0.1) is 0 Å². The van der Waals surface area contributed by atoms with Crippen molar-refractivity contribution in [1.82, 2.24) is 0 Å². The van der Waals surface area contributed by atoms with Crippen LogP contribution in [0.15, 0.2) is 42.5 Å². The molecule has 100 valence electrons. The summed E-state index contributed by atoms with van der Waals surface area (Å²) in [6.45, 7) is 6.50.